The second-order valence-corrected chi connectivity index (χ2v) is 9.87. The van der Waals surface area contributed by atoms with E-state index >= 15 is 0 Å². The Morgan fingerprint density at radius 2 is 1.88 bits per heavy atom. The van der Waals surface area contributed by atoms with Crippen molar-refractivity contribution in [1.82, 2.24) is 15.1 Å². The summed E-state index contributed by atoms with van der Waals surface area (Å²) < 4.78 is 44.6. The van der Waals surface area contributed by atoms with Crippen LogP contribution in [0, 0.1) is 5.82 Å². The number of hydrogen-bond acceptors (Lipinski definition) is 5. The number of hydrogen-bond donors (Lipinski definition) is 1. The van der Waals surface area contributed by atoms with E-state index in [4.69, 9.17) is 4.74 Å². The van der Waals surface area contributed by atoms with Crippen LogP contribution in [0.2, 0.25) is 0 Å². The van der Waals surface area contributed by atoms with Gasteiger partial charge in [-0.1, -0.05) is 19.1 Å². The monoisotopic (exact) mass is 481 g/mol. The molecule has 3 aromatic carbocycles. The minimum Gasteiger partial charge on any atom is -0.495 e. The number of aromatic nitrogens is 2. The highest BCUT2D eigenvalue weighted by Gasteiger charge is 2.21. The molecule has 0 spiro atoms. The molecule has 4 rings (SSSR count). The van der Waals surface area contributed by atoms with Crippen molar-refractivity contribution in [1.29, 1.82) is 0 Å². The van der Waals surface area contributed by atoms with E-state index in [2.05, 4.69) is 10.4 Å². The number of fused-ring (bicyclic) bond motifs is 1. The number of amides is 1. The lowest BCUT2D eigenvalue weighted by molar-refractivity contribution is 0.0937. The first kappa shape index (κ1) is 23.4. The maximum Gasteiger partial charge on any atom is 0.252 e. The molecule has 0 bridgehead atoms. The van der Waals surface area contributed by atoms with Crippen molar-refractivity contribution >= 4 is 26.6 Å². The molecule has 1 aromatic heterocycles. The standard InChI is InChI=1S/C25H24FN3O4S/c1-4-21(16-8-13-23(33-2)24(14-16)34(3,31)32)28-25(30)19-6-5-7-22-20(19)15-27-29(22)18-11-9-17(26)10-12-18/h5-15,21H,4H2,1-3H3,(H,28,30)/t21-/m0/s1. The van der Waals surface area contributed by atoms with E-state index in [1.54, 1.807) is 47.3 Å². The molecule has 9 heteroatoms. The van der Waals surface area contributed by atoms with E-state index in [0.29, 0.717) is 34.1 Å². The van der Waals surface area contributed by atoms with E-state index in [9.17, 15) is 17.6 Å². The van der Waals surface area contributed by atoms with Crippen LogP contribution >= 0.6 is 0 Å². The van der Waals surface area contributed by atoms with Crippen LogP contribution in [0.5, 0.6) is 5.75 Å². The highest BCUT2D eigenvalue weighted by molar-refractivity contribution is 7.90. The highest BCUT2D eigenvalue weighted by Crippen LogP contribution is 2.29. The van der Waals surface area contributed by atoms with Gasteiger partial charge < -0.3 is 10.1 Å². The fraction of sp³-hybridized carbons (Fsp3) is 0.200. The molecular weight excluding hydrogens is 457 g/mol. The first-order valence-electron chi connectivity index (χ1n) is 10.6. The molecule has 176 valence electrons. The number of nitrogens with one attached hydrogen (secondary N) is 1. The Balaban J connectivity index is 1.67. The van der Waals surface area contributed by atoms with Crippen molar-refractivity contribution < 1.29 is 22.3 Å². The molecule has 0 saturated heterocycles. The highest BCUT2D eigenvalue weighted by atomic mass is 32.2. The quantitative estimate of drug-likeness (QED) is 0.421. The molecule has 0 aliphatic carbocycles. The second-order valence-electron chi connectivity index (χ2n) is 7.89. The number of carbonyl (C=O) groups excluding carboxylic acids is 1. The Bertz CT molecular complexity index is 1460. The first-order chi connectivity index (χ1) is 16.2. The SMILES string of the molecule is CC[C@H](NC(=O)c1cccc2c1cnn2-c1ccc(F)cc1)c1ccc(OC)c(S(C)(=O)=O)c1. The molecular formula is C25H24FN3O4S. The van der Waals surface area contributed by atoms with Gasteiger partial charge in [0.1, 0.15) is 16.5 Å². The molecule has 0 aliphatic heterocycles. The zero-order valence-electron chi connectivity index (χ0n) is 18.9. The summed E-state index contributed by atoms with van der Waals surface area (Å²) in [6.07, 6.45) is 3.27. The molecule has 34 heavy (non-hydrogen) atoms. The normalized spacial score (nSPS) is 12.5. The third-order valence-corrected chi connectivity index (χ3v) is 6.75. The number of ether oxygens (including phenoxy) is 1. The summed E-state index contributed by atoms with van der Waals surface area (Å²) in [7, 11) is -2.11. The van der Waals surface area contributed by atoms with Crippen molar-refractivity contribution in [3.05, 3.63) is 83.8 Å². The molecule has 1 atom stereocenters. The van der Waals surface area contributed by atoms with Crippen molar-refractivity contribution in [3.63, 3.8) is 0 Å². The fourth-order valence-electron chi connectivity index (χ4n) is 3.89. The molecule has 0 saturated carbocycles. The number of nitrogens with zero attached hydrogens (tertiary/aromatic N) is 2. The Kier molecular flexibility index (Phi) is 6.39. The van der Waals surface area contributed by atoms with Gasteiger partial charge in [-0.2, -0.15) is 5.10 Å². The predicted molar refractivity (Wildman–Crippen MR) is 128 cm³/mol. The van der Waals surface area contributed by atoms with Crippen LogP contribution in [0.1, 0.15) is 35.3 Å². The van der Waals surface area contributed by atoms with Crippen LogP contribution in [0.25, 0.3) is 16.6 Å². The molecule has 4 aromatic rings. The summed E-state index contributed by atoms with van der Waals surface area (Å²) >= 11 is 0. The van der Waals surface area contributed by atoms with E-state index < -0.39 is 15.9 Å². The maximum absolute atomic E-state index is 13.3. The van der Waals surface area contributed by atoms with Crippen LogP contribution in [-0.4, -0.2) is 37.5 Å². The summed E-state index contributed by atoms with van der Waals surface area (Å²) in [5.74, 6) is -0.401. The molecule has 0 fully saturated rings. The van der Waals surface area contributed by atoms with Crippen LogP contribution < -0.4 is 10.1 Å². The molecule has 0 radical (unpaired) electrons. The van der Waals surface area contributed by atoms with Gasteiger partial charge in [-0.05, 0) is 60.5 Å². The van der Waals surface area contributed by atoms with Gasteiger partial charge in [0.05, 0.1) is 36.1 Å². The van der Waals surface area contributed by atoms with Crippen LogP contribution in [0.15, 0.2) is 71.8 Å². The van der Waals surface area contributed by atoms with Crippen molar-refractivity contribution in [2.24, 2.45) is 0 Å². The van der Waals surface area contributed by atoms with E-state index in [0.717, 1.165) is 6.26 Å². The Labute approximate surface area is 197 Å². The molecule has 1 N–H and O–H groups in total. The molecule has 1 heterocycles. The van der Waals surface area contributed by atoms with Crippen molar-refractivity contribution in [3.8, 4) is 11.4 Å². The minimum absolute atomic E-state index is 0.0721. The van der Waals surface area contributed by atoms with Gasteiger partial charge >= 0.3 is 0 Å². The average molecular weight is 482 g/mol. The maximum atomic E-state index is 13.3. The zero-order valence-corrected chi connectivity index (χ0v) is 19.8. The fourth-order valence-corrected chi connectivity index (χ4v) is 4.76. The summed E-state index contributed by atoms with van der Waals surface area (Å²) in [6.45, 7) is 1.91. The predicted octanol–water partition coefficient (Wildman–Crippen LogP) is 4.46. The number of benzene rings is 3. The Morgan fingerprint density at radius 1 is 1.15 bits per heavy atom. The van der Waals surface area contributed by atoms with Gasteiger partial charge in [-0.25, -0.2) is 17.5 Å². The second kappa shape index (κ2) is 9.26. The lowest BCUT2D eigenvalue weighted by Crippen LogP contribution is -2.28. The van der Waals surface area contributed by atoms with Gasteiger partial charge in [0.25, 0.3) is 5.91 Å². The number of halogens is 1. The Morgan fingerprint density at radius 3 is 2.53 bits per heavy atom. The summed E-state index contributed by atoms with van der Waals surface area (Å²) in [6, 6.07) is 15.7. The lowest BCUT2D eigenvalue weighted by Gasteiger charge is -2.19. The van der Waals surface area contributed by atoms with Gasteiger partial charge in [-0.15, -0.1) is 0 Å². The summed E-state index contributed by atoms with van der Waals surface area (Å²) in [4.78, 5) is 13.3. The van der Waals surface area contributed by atoms with Gasteiger partial charge in [0.15, 0.2) is 9.84 Å². The van der Waals surface area contributed by atoms with E-state index in [1.165, 1.54) is 25.3 Å². The van der Waals surface area contributed by atoms with Gasteiger partial charge in [-0.3, -0.25) is 4.79 Å². The molecule has 1 amide bonds. The smallest absolute Gasteiger partial charge is 0.252 e. The number of sulfone groups is 1. The van der Waals surface area contributed by atoms with Crippen LogP contribution in [0.3, 0.4) is 0 Å². The average Bonchev–Trinajstić information content (AvgIpc) is 3.26. The number of rotatable bonds is 7. The third kappa shape index (κ3) is 4.51. The lowest BCUT2D eigenvalue weighted by atomic mass is 10.0. The largest absolute Gasteiger partial charge is 0.495 e. The van der Waals surface area contributed by atoms with Gasteiger partial charge in [0.2, 0.25) is 0 Å². The summed E-state index contributed by atoms with van der Waals surface area (Å²) in [5, 5.41) is 8.03. The molecule has 7 nitrogen and oxygen atoms in total. The number of methoxy groups -OCH3 is 1. The molecule has 0 aliphatic rings. The first-order valence-corrected chi connectivity index (χ1v) is 12.5. The topological polar surface area (TPSA) is 90.3 Å². The van der Waals surface area contributed by atoms with Crippen molar-refractivity contribution in [2.45, 2.75) is 24.3 Å². The van der Waals surface area contributed by atoms with Crippen LogP contribution in [-0.2, 0) is 9.84 Å². The van der Waals surface area contributed by atoms with Crippen LogP contribution in [0.4, 0.5) is 4.39 Å². The van der Waals surface area contributed by atoms with Gasteiger partial charge in [0, 0.05) is 11.6 Å². The van der Waals surface area contributed by atoms with Crippen molar-refractivity contribution in [2.75, 3.05) is 13.4 Å². The van der Waals surface area contributed by atoms with E-state index in [1.807, 2.05) is 13.0 Å². The summed E-state index contributed by atoms with van der Waals surface area (Å²) in [5.41, 5.74) is 2.47. The minimum atomic E-state index is -3.52. The number of carbonyl (C=O) groups is 1. The zero-order chi connectivity index (χ0) is 24.5. The van der Waals surface area contributed by atoms with E-state index in [-0.39, 0.29) is 22.4 Å². The third-order valence-electron chi connectivity index (χ3n) is 5.63. The Hall–Kier alpha value is -3.72. The molecule has 0 unspecified atom stereocenters.